The van der Waals surface area contributed by atoms with Crippen LogP contribution in [0.5, 0.6) is 0 Å². The predicted octanol–water partition coefficient (Wildman–Crippen LogP) is 2.01. The molecule has 1 heterocycles. The van der Waals surface area contributed by atoms with Crippen molar-refractivity contribution in [1.29, 1.82) is 0 Å². The van der Waals surface area contributed by atoms with Crippen molar-refractivity contribution in [2.24, 2.45) is 4.40 Å². The van der Waals surface area contributed by atoms with Gasteiger partial charge in [0.25, 0.3) is 10.0 Å². The molecule has 0 saturated heterocycles. The van der Waals surface area contributed by atoms with E-state index in [1.807, 2.05) is 24.1 Å². The van der Waals surface area contributed by atoms with E-state index in [1.165, 1.54) is 12.8 Å². The maximum absolute atomic E-state index is 12.0. The minimum atomic E-state index is -3.48. The Morgan fingerprint density at radius 3 is 2.61 bits per heavy atom. The monoisotopic (exact) mass is 264 g/mol. The topological polar surface area (TPSA) is 49.7 Å². The molecule has 3 rings (SSSR count). The second kappa shape index (κ2) is 4.09. The number of hydrogen-bond acceptors (Lipinski definition) is 3. The highest BCUT2D eigenvalue weighted by Gasteiger charge is 2.33. The van der Waals surface area contributed by atoms with Crippen LogP contribution in [-0.4, -0.2) is 32.2 Å². The van der Waals surface area contributed by atoms with Crippen molar-refractivity contribution < 1.29 is 8.42 Å². The summed E-state index contributed by atoms with van der Waals surface area (Å²) in [7, 11) is -1.53. The lowest BCUT2D eigenvalue weighted by Gasteiger charge is -2.26. The molecule has 1 aliphatic heterocycles. The highest BCUT2D eigenvalue weighted by Crippen LogP contribution is 2.30. The first-order valence-electron chi connectivity index (χ1n) is 6.27. The van der Waals surface area contributed by atoms with Gasteiger partial charge in [-0.3, -0.25) is 0 Å². The summed E-state index contributed by atoms with van der Waals surface area (Å²) in [5.41, 5.74) is 0.743. The molecule has 1 aromatic rings. The number of fused-ring (bicyclic) bond motifs is 1. The van der Waals surface area contributed by atoms with Crippen LogP contribution in [0.25, 0.3) is 0 Å². The highest BCUT2D eigenvalue weighted by molar-refractivity contribution is 7.90. The van der Waals surface area contributed by atoms with E-state index in [0.717, 1.165) is 18.4 Å². The molecule has 5 heteroatoms. The molecule has 18 heavy (non-hydrogen) atoms. The molecule has 0 unspecified atom stereocenters. The van der Waals surface area contributed by atoms with Crippen LogP contribution in [0.15, 0.2) is 33.6 Å². The van der Waals surface area contributed by atoms with E-state index >= 15 is 0 Å². The summed E-state index contributed by atoms with van der Waals surface area (Å²) in [5, 5.41) is 0. The second-order valence-corrected chi connectivity index (χ2v) is 6.51. The van der Waals surface area contributed by atoms with Crippen molar-refractivity contribution in [3.8, 4) is 0 Å². The van der Waals surface area contributed by atoms with E-state index in [1.54, 1.807) is 12.1 Å². The Balaban J connectivity index is 2.03. The van der Waals surface area contributed by atoms with Crippen molar-refractivity contribution >= 4 is 15.9 Å². The molecule has 1 saturated carbocycles. The Kier molecular flexibility index (Phi) is 2.66. The van der Waals surface area contributed by atoms with E-state index in [9.17, 15) is 8.42 Å². The van der Waals surface area contributed by atoms with Crippen LogP contribution in [0.2, 0.25) is 0 Å². The van der Waals surface area contributed by atoms with Gasteiger partial charge in [-0.25, -0.2) is 0 Å². The fraction of sp³-hybridized carbons (Fsp3) is 0.462. The van der Waals surface area contributed by atoms with Gasteiger partial charge in [-0.2, -0.15) is 8.42 Å². The predicted molar refractivity (Wildman–Crippen MR) is 70.2 cm³/mol. The molecule has 1 aliphatic carbocycles. The molecule has 2 aliphatic rings. The molecule has 96 valence electrons. The normalized spacial score (nSPS) is 21.7. The van der Waals surface area contributed by atoms with Crippen molar-refractivity contribution in [3.63, 3.8) is 0 Å². The van der Waals surface area contributed by atoms with E-state index in [-0.39, 0.29) is 0 Å². The largest absolute Gasteiger partial charge is 0.355 e. The van der Waals surface area contributed by atoms with Gasteiger partial charge in [0.05, 0.1) is 0 Å². The number of benzene rings is 1. The summed E-state index contributed by atoms with van der Waals surface area (Å²) >= 11 is 0. The van der Waals surface area contributed by atoms with Gasteiger partial charge >= 0.3 is 0 Å². The minimum absolute atomic E-state index is 0.338. The first-order chi connectivity index (χ1) is 8.59. The van der Waals surface area contributed by atoms with E-state index in [2.05, 4.69) is 4.40 Å². The molecule has 0 spiro atoms. The smallest absolute Gasteiger partial charge is 0.285 e. The first-order valence-corrected chi connectivity index (χ1v) is 7.71. The summed E-state index contributed by atoms with van der Waals surface area (Å²) in [6.45, 7) is 0. The summed E-state index contributed by atoms with van der Waals surface area (Å²) in [6, 6.07) is 7.49. The maximum atomic E-state index is 12.0. The minimum Gasteiger partial charge on any atom is -0.355 e. The van der Waals surface area contributed by atoms with Gasteiger partial charge in [-0.05, 0) is 25.0 Å². The fourth-order valence-electron chi connectivity index (χ4n) is 2.81. The lowest BCUT2D eigenvalue weighted by molar-refractivity contribution is 0.373. The Hall–Kier alpha value is -1.36. The number of hydrogen-bond donors (Lipinski definition) is 0. The fourth-order valence-corrected chi connectivity index (χ4v) is 4.05. The van der Waals surface area contributed by atoms with Crippen LogP contribution >= 0.6 is 0 Å². The Labute approximate surface area is 107 Å². The molecular weight excluding hydrogens is 248 g/mol. The Morgan fingerprint density at radius 2 is 1.89 bits per heavy atom. The zero-order valence-corrected chi connectivity index (χ0v) is 11.2. The number of sulfonamides is 1. The molecule has 0 amide bonds. The third kappa shape index (κ3) is 1.73. The zero-order valence-electron chi connectivity index (χ0n) is 10.3. The van der Waals surface area contributed by atoms with Crippen molar-refractivity contribution in [3.05, 3.63) is 29.8 Å². The summed E-state index contributed by atoms with van der Waals surface area (Å²) in [4.78, 5) is 2.38. The maximum Gasteiger partial charge on any atom is 0.285 e. The van der Waals surface area contributed by atoms with Gasteiger partial charge < -0.3 is 4.90 Å². The van der Waals surface area contributed by atoms with E-state index < -0.39 is 10.0 Å². The average molecular weight is 264 g/mol. The molecule has 0 atom stereocenters. The van der Waals surface area contributed by atoms with E-state index in [0.29, 0.717) is 16.8 Å². The summed E-state index contributed by atoms with van der Waals surface area (Å²) in [5.74, 6) is 0.609. The van der Waals surface area contributed by atoms with Gasteiger partial charge in [-0.1, -0.05) is 25.0 Å². The third-order valence-corrected chi connectivity index (χ3v) is 5.14. The van der Waals surface area contributed by atoms with Crippen LogP contribution in [0, 0.1) is 0 Å². The molecule has 0 radical (unpaired) electrons. The number of amidine groups is 1. The molecule has 1 aromatic carbocycles. The molecule has 4 nitrogen and oxygen atoms in total. The average Bonchev–Trinajstić information content (AvgIpc) is 2.96. The van der Waals surface area contributed by atoms with Gasteiger partial charge in [0.1, 0.15) is 4.90 Å². The highest BCUT2D eigenvalue weighted by atomic mass is 32.2. The van der Waals surface area contributed by atoms with Crippen molar-refractivity contribution in [1.82, 2.24) is 4.90 Å². The Morgan fingerprint density at radius 1 is 1.22 bits per heavy atom. The first kappa shape index (κ1) is 11.7. The zero-order chi connectivity index (χ0) is 12.8. The lowest BCUT2D eigenvalue weighted by atomic mass is 10.1. The molecule has 0 N–H and O–H groups in total. The quantitative estimate of drug-likeness (QED) is 0.779. The van der Waals surface area contributed by atoms with Crippen molar-refractivity contribution in [2.45, 2.75) is 36.6 Å². The summed E-state index contributed by atoms with van der Waals surface area (Å²) in [6.07, 6.45) is 4.68. The second-order valence-electron chi connectivity index (χ2n) is 4.94. The van der Waals surface area contributed by atoms with Gasteiger partial charge in [0, 0.05) is 18.7 Å². The number of nitrogens with zero attached hydrogens (tertiary/aromatic N) is 2. The number of rotatable bonds is 1. The molecule has 0 bridgehead atoms. The summed E-state index contributed by atoms with van der Waals surface area (Å²) < 4.78 is 27.9. The van der Waals surface area contributed by atoms with Gasteiger partial charge in [-0.15, -0.1) is 4.40 Å². The molecule has 0 aromatic heterocycles. The van der Waals surface area contributed by atoms with Crippen LogP contribution in [0.1, 0.15) is 31.2 Å². The van der Waals surface area contributed by atoms with Crippen LogP contribution < -0.4 is 0 Å². The van der Waals surface area contributed by atoms with Gasteiger partial charge in [0.15, 0.2) is 5.84 Å². The Bertz CT molecular complexity index is 601. The van der Waals surface area contributed by atoms with Crippen LogP contribution in [-0.2, 0) is 10.0 Å². The third-order valence-electron chi connectivity index (χ3n) is 3.82. The SMILES string of the molecule is CN(C1=NS(=O)(=O)c2ccccc21)C1CCCC1. The lowest BCUT2D eigenvalue weighted by Crippen LogP contribution is -2.35. The van der Waals surface area contributed by atoms with Crippen molar-refractivity contribution in [2.75, 3.05) is 7.05 Å². The van der Waals surface area contributed by atoms with Gasteiger partial charge in [0.2, 0.25) is 0 Å². The molecule has 1 fully saturated rings. The van der Waals surface area contributed by atoms with E-state index in [4.69, 9.17) is 0 Å². The molecular formula is C13H16N2O2S. The van der Waals surface area contributed by atoms with Crippen LogP contribution in [0.4, 0.5) is 0 Å². The standard InChI is InChI=1S/C13H16N2O2S/c1-15(10-6-2-3-7-10)13-11-8-4-5-9-12(11)18(16,17)14-13/h4-5,8-10H,2-3,6-7H2,1H3. The van der Waals surface area contributed by atoms with Crippen LogP contribution in [0.3, 0.4) is 0 Å².